The fourth-order valence-electron chi connectivity index (χ4n) is 6.08. The molecule has 4 heterocycles. The van der Waals surface area contributed by atoms with Crippen LogP contribution in [0.1, 0.15) is 35.1 Å². The zero-order valence-electron chi connectivity index (χ0n) is 24.2. The lowest BCUT2D eigenvalue weighted by atomic mass is 9.93. The molecule has 7 nitrogen and oxygen atoms in total. The molecule has 7 rings (SSSR count). The predicted octanol–water partition coefficient (Wildman–Crippen LogP) is 8.21. The van der Waals surface area contributed by atoms with E-state index in [1.54, 1.807) is 12.1 Å². The Labute approximate surface area is 255 Å². The molecule has 0 aliphatic carbocycles. The molecule has 216 valence electrons. The lowest BCUT2D eigenvalue weighted by Crippen LogP contribution is -2.18. The number of halogens is 1. The summed E-state index contributed by atoms with van der Waals surface area (Å²) in [4.78, 5) is 16.7. The van der Waals surface area contributed by atoms with Crippen molar-refractivity contribution < 1.29 is 9.52 Å². The fourth-order valence-corrected chi connectivity index (χ4v) is 6.36. The van der Waals surface area contributed by atoms with E-state index in [0.717, 1.165) is 69.9 Å². The van der Waals surface area contributed by atoms with Crippen molar-refractivity contribution in [3.8, 4) is 22.6 Å². The van der Waals surface area contributed by atoms with Gasteiger partial charge in [-0.1, -0.05) is 35.9 Å². The number of rotatable bonds is 7. The number of likely N-dealkylation sites (tertiary alicyclic amines) is 1. The summed E-state index contributed by atoms with van der Waals surface area (Å²) in [6.07, 6.45) is 6.38. The second-order valence-electron chi connectivity index (χ2n) is 11.2. The van der Waals surface area contributed by atoms with Crippen molar-refractivity contribution in [3.05, 3.63) is 100 Å². The highest BCUT2D eigenvalue weighted by Gasteiger charge is 2.18. The van der Waals surface area contributed by atoms with Crippen molar-refractivity contribution in [1.82, 2.24) is 19.9 Å². The van der Waals surface area contributed by atoms with Gasteiger partial charge in [0.05, 0.1) is 11.6 Å². The number of aromatic nitrogens is 3. The SMILES string of the molecule is Cc1c(Nc2nccc3cc(CN4CCCC4)cnc23)cccc1-c1cccc(-c2nc3cc(CO)cc(Cl)c3o2)c1C. The van der Waals surface area contributed by atoms with Crippen LogP contribution in [-0.2, 0) is 13.2 Å². The van der Waals surface area contributed by atoms with Gasteiger partial charge in [0.2, 0.25) is 5.89 Å². The zero-order valence-corrected chi connectivity index (χ0v) is 24.9. The van der Waals surface area contributed by atoms with Gasteiger partial charge in [0.25, 0.3) is 0 Å². The summed E-state index contributed by atoms with van der Waals surface area (Å²) in [5.41, 5.74) is 10.1. The summed E-state index contributed by atoms with van der Waals surface area (Å²) >= 11 is 6.43. The van der Waals surface area contributed by atoms with Crippen molar-refractivity contribution in [3.63, 3.8) is 0 Å². The maximum Gasteiger partial charge on any atom is 0.227 e. The Hall–Kier alpha value is -4.30. The molecule has 0 saturated carbocycles. The number of pyridine rings is 2. The fraction of sp³-hybridized carbons (Fsp3) is 0.229. The topological polar surface area (TPSA) is 87.3 Å². The second-order valence-corrected chi connectivity index (χ2v) is 11.6. The summed E-state index contributed by atoms with van der Waals surface area (Å²) in [6, 6.07) is 20.2. The molecule has 6 aromatic rings. The van der Waals surface area contributed by atoms with Crippen LogP contribution < -0.4 is 5.32 Å². The normalized spacial score (nSPS) is 13.8. The van der Waals surface area contributed by atoms with Crippen molar-refractivity contribution in [1.29, 1.82) is 0 Å². The van der Waals surface area contributed by atoms with Crippen molar-refractivity contribution in [2.75, 3.05) is 18.4 Å². The Morgan fingerprint density at radius 3 is 2.49 bits per heavy atom. The monoisotopic (exact) mass is 589 g/mol. The Morgan fingerprint density at radius 2 is 1.67 bits per heavy atom. The van der Waals surface area contributed by atoms with Crippen LogP contribution >= 0.6 is 11.6 Å². The summed E-state index contributed by atoms with van der Waals surface area (Å²) in [5.74, 6) is 1.23. The minimum absolute atomic E-state index is 0.111. The van der Waals surface area contributed by atoms with Crippen LogP contribution in [0.5, 0.6) is 0 Å². The van der Waals surface area contributed by atoms with Gasteiger partial charge in [0.15, 0.2) is 11.4 Å². The predicted molar refractivity (Wildman–Crippen MR) is 173 cm³/mol. The van der Waals surface area contributed by atoms with E-state index in [1.807, 2.05) is 30.6 Å². The molecule has 1 saturated heterocycles. The molecule has 43 heavy (non-hydrogen) atoms. The average Bonchev–Trinajstić information content (AvgIpc) is 3.69. The molecule has 1 aliphatic heterocycles. The van der Waals surface area contributed by atoms with Gasteiger partial charge in [-0.15, -0.1) is 0 Å². The largest absolute Gasteiger partial charge is 0.434 e. The Kier molecular flexibility index (Phi) is 7.31. The van der Waals surface area contributed by atoms with Crippen LogP contribution in [0.25, 0.3) is 44.6 Å². The van der Waals surface area contributed by atoms with Gasteiger partial charge in [-0.05, 0) is 110 Å². The van der Waals surface area contributed by atoms with E-state index in [0.29, 0.717) is 27.6 Å². The molecule has 0 bridgehead atoms. The maximum atomic E-state index is 9.57. The highest BCUT2D eigenvalue weighted by molar-refractivity contribution is 6.34. The molecule has 8 heteroatoms. The molecule has 3 aromatic carbocycles. The first-order valence-corrected chi connectivity index (χ1v) is 15.0. The summed E-state index contributed by atoms with van der Waals surface area (Å²) in [5, 5.41) is 14.7. The van der Waals surface area contributed by atoms with Crippen LogP contribution in [0, 0.1) is 13.8 Å². The Morgan fingerprint density at radius 1 is 0.907 bits per heavy atom. The highest BCUT2D eigenvalue weighted by Crippen LogP contribution is 2.38. The number of anilines is 2. The van der Waals surface area contributed by atoms with E-state index in [9.17, 15) is 5.11 Å². The molecule has 0 radical (unpaired) electrons. The minimum atomic E-state index is -0.111. The van der Waals surface area contributed by atoms with Crippen molar-refractivity contribution in [2.45, 2.75) is 39.8 Å². The number of aliphatic hydroxyl groups excluding tert-OH is 1. The quantitative estimate of drug-likeness (QED) is 0.194. The van der Waals surface area contributed by atoms with E-state index < -0.39 is 0 Å². The van der Waals surface area contributed by atoms with Gasteiger partial charge in [-0.3, -0.25) is 9.88 Å². The average molecular weight is 590 g/mol. The molecule has 0 spiro atoms. The third kappa shape index (κ3) is 5.25. The Balaban J connectivity index is 1.21. The van der Waals surface area contributed by atoms with Crippen molar-refractivity contribution >= 4 is 45.1 Å². The number of hydrogen-bond acceptors (Lipinski definition) is 7. The molecule has 1 aliphatic rings. The van der Waals surface area contributed by atoms with Crippen LogP contribution in [0.3, 0.4) is 0 Å². The van der Waals surface area contributed by atoms with E-state index in [1.165, 1.54) is 18.4 Å². The third-order valence-electron chi connectivity index (χ3n) is 8.39. The molecule has 0 amide bonds. The molecule has 0 unspecified atom stereocenters. The number of oxazole rings is 1. The van der Waals surface area contributed by atoms with E-state index in [2.05, 4.69) is 59.4 Å². The molecule has 2 N–H and O–H groups in total. The number of aliphatic hydroxyl groups is 1. The third-order valence-corrected chi connectivity index (χ3v) is 8.67. The van der Waals surface area contributed by atoms with Gasteiger partial charge < -0.3 is 14.8 Å². The molecule has 3 aromatic heterocycles. The summed E-state index contributed by atoms with van der Waals surface area (Å²) < 4.78 is 6.12. The minimum Gasteiger partial charge on any atom is -0.434 e. The number of hydrogen-bond donors (Lipinski definition) is 2. The van der Waals surface area contributed by atoms with Gasteiger partial charge in [0, 0.05) is 35.6 Å². The van der Waals surface area contributed by atoms with Gasteiger partial charge in [-0.2, -0.15) is 0 Å². The Bertz CT molecular complexity index is 1980. The van der Waals surface area contributed by atoms with E-state index >= 15 is 0 Å². The molecule has 1 fully saturated rings. The first-order chi connectivity index (χ1) is 21.0. The zero-order chi connectivity index (χ0) is 29.5. The van der Waals surface area contributed by atoms with Gasteiger partial charge in [-0.25, -0.2) is 9.97 Å². The maximum absolute atomic E-state index is 9.57. The van der Waals surface area contributed by atoms with Crippen molar-refractivity contribution in [2.24, 2.45) is 0 Å². The van der Waals surface area contributed by atoms with Crippen LogP contribution in [0.4, 0.5) is 11.5 Å². The van der Waals surface area contributed by atoms with Gasteiger partial charge >= 0.3 is 0 Å². The van der Waals surface area contributed by atoms with Gasteiger partial charge in [0.1, 0.15) is 11.0 Å². The highest BCUT2D eigenvalue weighted by atomic mass is 35.5. The van der Waals surface area contributed by atoms with E-state index in [-0.39, 0.29) is 6.61 Å². The first-order valence-electron chi connectivity index (χ1n) is 14.6. The number of nitrogens with one attached hydrogen (secondary N) is 1. The molecular weight excluding hydrogens is 558 g/mol. The van der Waals surface area contributed by atoms with Crippen LogP contribution in [0.2, 0.25) is 5.02 Å². The smallest absolute Gasteiger partial charge is 0.227 e. The first kappa shape index (κ1) is 27.5. The van der Waals surface area contributed by atoms with Crippen LogP contribution in [0.15, 0.2) is 77.5 Å². The lowest BCUT2D eigenvalue weighted by molar-refractivity contribution is 0.282. The molecular formula is C35H32ClN5O2. The van der Waals surface area contributed by atoms with Crippen LogP contribution in [-0.4, -0.2) is 38.0 Å². The summed E-state index contributed by atoms with van der Waals surface area (Å²) in [6.45, 7) is 7.34. The van der Waals surface area contributed by atoms with E-state index in [4.69, 9.17) is 26.0 Å². The standard InChI is InChI=1S/C35H32ClN5O2/c1-21-26(7-5-9-28(21)35-40-31-17-23(20-42)16-29(36)33(31)43-35)27-8-6-10-30(22(27)2)39-34-32-25(11-12-37-34)15-24(18-38-32)19-41-13-3-4-14-41/h5-12,15-18,42H,3-4,13-14,19-20H2,1-2H3,(H,37,39). The number of nitrogens with zero attached hydrogens (tertiary/aromatic N) is 4. The molecule has 0 atom stereocenters. The number of benzene rings is 3. The second kappa shape index (κ2) is 11.4. The number of fused-ring (bicyclic) bond motifs is 2. The summed E-state index contributed by atoms with van der Waals surface area (Å²) in [7, 11) is 0. The lowest BCUT2D eigenvalue weighted by Gasteiger charge is -2.17.